The van der Waals surface area contributed by atoms with Crippen LogP contribution in [0.3, 0.4) is 0 Å². The third-order valence-corrected chi connectivity index (χ3v) is 12.5. The summed E-state index contributed by atoms with van der Waals surface area (Å²) in [6.07, 6.45) is 0. The first-order chi connectivity index (χ1) is 25.6. The Bertz CT molecular complexity index is 3050. The second-order valence-electron chi connectivity index (χ2n) is 14.5. The third-order valence-electron chi connectivity index (χ3n) is 11.3. The van der Waals surface area contributed by atoms with Gasteiger partial charge in [-0.05, 0) is 69.6 Å². The molecular formula is C49H33NOS. The molecule has 1 aliphatic rings. The van der Waals surface area contributed by atoms with Crippen molar-refractivity contribution in [3.05, 3.63) is 175 Å². The molecule has 52 heavy (non-hydrogen) atoms. The number of fused-ring (bicyclic) bond motifs is 11. The van der Waals surface area contributed by atoms with Gasteiger partial charge in [0.15, 0.2) is 5.58 Å². The van der Waals surface area contributed by atoms with Gasteiger partial charge in [-0.2, -0.15) is 0 Å². The molecule has 0 bridgehead atoms. The number of hydrogen-bond acceptors (Lipinski definition) is 3. The van der Waals surface area contributed by atoms with Gasteiger partial charge in [-0.15, -0.1) is 11.3 Å². The maximum absolute atomic E-state index is 6.98. The number of rotatable bonds is 4. The molecule has 11 rings (SSSR count). The van der Waals surface area contributed by atoms with Crippen LogP contribution in [-0.4, -0.2) is 0 Å². The van der Waals surface area contributed by atoms with E-state index >= 15 is 0 Å². The van der Waals surface area contributed by atoms with Crippen LogP contribution in [0.4, 0.5) is 17.1 Å². The minimum absolute atomic E-state index is 0.120. The van der Waals surface area contributed by atoms with Gasteiger partial charge in [0, 0.05) is 53.0 Å². The number of furan rings is 1. The summed E-state index contributed by atoms with van der Waals surface area (Å²) >= 11 is 1.88. The summed E-state index contributed by atoms with van der Waals surface area (Å²) in [6, 6.07) is 59.8. The van der Waals surface area contributed by atoms with E-state index in [2.05, 4.69) is 183 Å². The number of para-hydroxylation sites is 1. The molecule has 0 saturated heterocycles. The Kier molecular flexibility index (Phi) is 6.21. The zero-order valence-corrected chi connectivity index (χ0v) is 29.7. The number of thiophene rings is 1. The second-order valence-corrected chi connectivity index (χ2v) is 15.5. The topological polar surface area (TPSA) is 16.4 Å². The lowest BCUT2D eigenvalue weighted by molar-refractivity contribution is 0.660. The Morgan fingerprint density at radius 1 is 0.481 bits per heavy atom. The van der Waals surface area contributed by atoms with Crippen LogP contribution in [0.25, 0.3) is 75.1 Å². The molecule has 0 unspecified atom stereocenters. The number of benzene rings is 8. The van der Waals surface area contributed by atoms with Crippen LogP contribution in [0.1, 0.15) is 25.0 Å². The lowest BCUT2D eigenvalue weighted by atomic mass is 9.82. The van der Waals surface area contributed by atoms with Crippen LogP contribution in [0.5, 0.6) is 0 Å². The van der Waals surface area contributed by atoms with Gasteiger partial charge in [0.25, 0.3) is 0 Å². The Labute approximate surface area is 305 Å². The number of anilines is 3. The largest absolute Gasteiger partial charge is 0.453 e. The van der Waals surface area contributed by atoms with Crippen molar-refractivity contribution in [1.82, 2.24) is 0 Å². The molecule has 0 fully saturated rings. The molecule has 0 N–H and O–H groups in total. The highest BCUT2D eigenvalue weighted by Crippen LogP contribution is 2.55. The molecule has 1 aliphatic carbocycles. The molecule has 0 atom stereocenters. The van der Waals surface area contributed by atoms with E-state index in [-0.39, 0.29) is 5.41 Å². The van der Waals surface area contributed by atoms with Crippen molar-refractivity contribution in [2.24, 2.45) is 0 Å². The van der Waals surface area contributed by atoms with Gasteiger partial charge in [0.05, 0.1) is 11.4 Å². The van der Waals surface area contributed by atoms with Crippen LogP contribution >= 0.6 is 11.3 Å². The first-order valence-electron chi connectivity index (χ1n) is 17.9. The highest BCUT2D eigenvalue weighted by molar-refractivity contribution is 7.26. The molecule has 246 valence electrons. The third kappa shape index (κ3) is 4.11. The van der Waals surface area contributed by atoms with Crippen LogP contribution in [0.2, 0.25) is 0 Å². The van der Waals surface area contributed by atoms with Crippen molar-refractivity contribution in [1.29, 1.82) is 0 Å². The summed E-state index contributed by atoms with van der Waals surface area (Å²) in [5.41, 5.74) is 12.7. The molecule has 0 aliphatic heterocycles. The van der Waals surface area contributed by atoms with Gasteiger partial charge < -0.3 is 9.32 Å². The molecular weight excluding hydrogens is 651 g/mol. The molecule has 0 saturated carbocycles. The minimum atomic E-state index is -0.120. The normalized spacial score (nSPS) is 13.3. The lowest BCUT2D eigenvalue weighted by Gasteiger charge is -2.29. The molecule has 10 aromatic rings. The van der Waals surface area contributed by atoms with Crippen LogP contribution in [-0.2, 0) is 5.41 Å². The summed E-state index contributed by atoms with van der Waals surface area (Å²) in [4.78, 5) is 2.42. The van der Waals surface area contributed by atoms with Crippen molar-refractivity contribution in [3.8, 4) is 22.3 Å². The molecule has 2 nitrogen and oxygen atoms in total. The highest BCUT2D eigenvalue weighted by Gasteiger charge is 2.38. The van der Waals surface area contributed by atoms with Crippen molar-refractivity contribution in [2.45, 2.75) is 19.3 Å². The van der Waals surface area contributed by atoms with Crippen LogP contribution in [0.15, 0.2) is 168 Å². The fourth-order valence-electron chi connectivity index (χ4n) is 8.78. The fraction of sp³-hybridized carbons (Fsp3) is 0.0612. The monoisotopic (exact) mass is 683 g/mol. The predicted octanol–water partition coefficient (Wildman–Crippen LogP) is 14.6. The first kappa shape index (κ1) is 29.6. The molecule has 2 heterocycles. The van der Waals surface area contributed by atoms with Gasteiger partial charge in [-0.25, -0.2) is 0 Å². The van der Waals surface area contributed by atoms with Gasteiger partial charge >= 0.3 is 0 Å². The van der Waals surface area contributed by atoms with E-state index in [1.807, 2.05) is 11.3 Å². The van der Waals surface area contributed by atoms with Crippen molar-refractivity contribution >= 4 is 81.3 Å². The Morgan fingerprint density at radius 2 is 1.13 bits per heavy atom. The molecule has 2 aromatic heterocycles. The van der Waals surface area contributed by atoms with E-state index in [1.54, 1.807) is 0 Å². The van der Waals surface area contributed by atoms with E-state index in [4.69, 9.17) is 4.42 Å². The summed E-state index contributed by atoms with van der Waals surface area (Å²) in [5, 5.41) is 7.19. The molecule has 0 amide bonds. The Morgan fingerprint density at radius 3 is 2.04 bits per heavy atom. The summed E-state index contributed by atoms with van der Waals surface area (Å²) in [5.74, 6) is 0. The smallest absolute Gasteiger partial charge is 0.159 e. The molecule has 3 heteroatoms. The van der Waals surface area contributed by atoms with Gasteiger partial charge in [0.2, 0.25) is 0 Å². The molecule has 8 aromatic carbocycles. The number of nitrogens with zero attached hydrogens (tertiary/aromatic N) is 1. The fourth-order valence-corrected chi connectivity index (χ4v) is 10.0. The van der Waals surface area contributed by atoms with E-state index in [0.717, 1.165) is 44.4 Å². The zero-order valence-electron chi connectivity index (χ0n) is 28.9. The van der Waals surface area contributed by atoms with E-state index in [9.17, 15) is 0 Å². The summed E-state index contributed by atoms with van der Waals surface area (Å²) < 4.78 is 9.63. The van der Waals surface area contributed by atoms with Crippen molar-refractivity contribution in [3.63, 3.8) is 0 Å². The standard InChI is InChI=1S/C49H33NOS/c1-49(2)40-19-7-5-15-39(40)45-41(49)20-11-21-42(45)50(43-22-10-17-36-37-29-26-30-12-3-4-13-33(30)46(37)51-47(36)43)32-27-24-31(25-28-32)34-16-9-18-38-35-14-6-8-23-44(35)52-48(34)38/h3-29H,1-2H3. The Hall–Kier alpha value is -6.16. The summed E-state index contributed by atoms with van der Waals surface area (Å²) in [7, 11) is 0. The van der Waals surface area contributed by atoms with Gasteiger partial charge in [-0.3, -0.25) is 0 Å². The van der Waals surface area contributed by atoms with Crippen molar-refractivity contribution < 1.29 is 4.42 Å². The second kappa shape index (κ2) is 10.9. The molecule has 0 spiro atoms. The average Bonchev–Trinajstić information content (AvgIpc) is 3.84. The maximum atomic E-state index is 6.98. The van der Waals surface area contributed by atoms with Gasteiger partial charge in [-0.1, -0.05) is 141 Å². The van der Waals surface area contributed by atoms with Gasteiger partial charge in [0.1, 0.15) is 5.58 Å². The SMILES string of the molecule is CC1(C)c2ccccc2-c2c(N(c3ccc(-c4cccc5c4sc4ccccc45)cc3)c3cccc4c3oc3c5ccccc5ccc43)cccc21. The predicted molar refractivity (Wildman–Crippen MR) is 222 cm³/mol. The van der Waals surface area contributed by atoms with E-state index in [1.165, 1.54) is 58.9 Å². The zero-order chi connectivity index (χ0) is 34.6. The number of hydrogen-bond donors (Lipinski definition) is 0. The Balaban J connectivity index is 1.16. The van der Waals surface area contributed by atoms with Crippen molar-refractivity contribution in [2.75, 3.05) is 4.90 Å². The minimum Gasteiger partial charge on any atom is -0.453 e. The average molecular weight is 684 g/mol. The highest BCUT2D eigenvalue weighted by atomic mass is 32.1. The van der Waals surface area contributed by atoms with E-state index < -0.39 is 0 Å². The summed E-state index contributed by atoms with van der Waals surface area (Å²) in [6.45, 7) is 4.69. The van der Waals surface area contributed by atoms with E-state index in [0.29, 0.717) is 0 Å². The first-order valence-corrected chi connectivity index (χ1v) is 18.7. The van der Waals surface area contributed by atoms with Crippen LogP contribution < -0.4 is 4.90 Å². The lowest BCUT2D eigenvalue weighted by Crippen LogP contribution is -2.16. The quantitative estimate of drug-likeness (QED) is 0.184. The van der Waals surface area contributed by atoms with Crippen LogP contribution in [0, 0.1) is 0 Å². The maximum Gasteiger partial charge on any atom is 0.159 e. The molecule has 0 radical (unpaired) electrons.